The van der Waals surface area contributed by atoms with Gasteiger partial charge in [0.1, 0.15) is 6.61 Å². The molecule has 0 radical (unpaired) electrons. The van der Waals surface area contributed by atoms with Crippen LogP contribution in [0, 0.1) is 5.92 Å². The minimum absolute atomic E-state index is 0.0440. The Balaban J connectivity index is 1.08. The molecule has 0 aromatic heterocycles. The fraction of sp³-hybridized carbons (Fsp3) is 0.800. The number of aliphatic imine (C=N–C) groups is 3. The van der Waals surface area contributed by atoms with Gasteiger partial charge in [0.05, 0.1) is 36.7 Å². The van der Waals surface area contributed by atoms with Crippen LogP contribution in [0.15, 0.2) is 26.2 Å². The molecule has 3 fully saturated rings. The molecule has 0 aliphatic carbocycles. The van der Waals surface area contributed by atoms with Gasteiger partial charge >= 0.3 is 11.9 Å². The van der Waals surface area contributed by atoms with Crippen molar-refractivity contribution in [2.45, 2.75) is 147 Å². The first kappa shape index (κ1) is 35.8. The number of allylic oxidation sites excluding steroid dienone is 1. The van der Waals surface area contributed by atoms with Crippen LogP contribution in [0.5, 0.6) is 0 Å². The van der Waals surface area contributed by atoms with Gasteiger partial charge in [-0.3, -0.25) is 9.79 Å². The summed E-state index contributed by atoms with van der Waals surface area (Å²) in [5.41, 5.74) is 18.5. The molecule has 0 saturated carbocycles. The van der Waals surface area contributed by atoms with E-state index in [2.05, 4.69) is 34.0 Å². The van der Waals surface area contributed by atoms with Crippen LogP contribution in [0.25, 0.3) is 0 Å². The first-order valence-electron chi connectivity index (χ1n) is 18.6. The molecule has 0 amide bonds. The van der Waals surface area contributed by atoms with Crippen LogP contribution >= 0.6 is 0 Å². The highest BCUT2D eigenvalue weighted by Gasteiger charge is 2.51. The first-order chi connectivity index (χ1) is 23.3. The van der Waals surface area contributed by atoms with Crippen LogP contribution in [0.3, 0.4) is 0 Å². The second-order valence-corrected chi connectivity index (χ2v) is 14.1. The maximum absolute atomic E-state index is 13.5. The number of nitrogens with two attached hydrogens (primary N) is 3. The van der Waals surface area contributed by atoms with E-state index in [0.29, 0.717) is 43.1 Å². The van der Waals surface area contributed by atoms with E-state index in [9.17, 15) is 9.59 Å². The number of nitrogens with one attached hydrogen (secondary N) is 1. The number of carbonyl (C=O) groups excluding carboxylic acids is 2. The van der Waals surface area contributed by atoms with Gasteiger partial charge < -0.3 is 41.8 Å². The summed E-state index contributed by atoms with van der Waals surface area (Å²) >= 11 is 0. The smallest absolute Gasteiger partial charge is 0.338 e. The highest BCUT2D eigenvalue weighted by atomic mass is 16.5. The standard InChI is InChI=1S/C35H59N9O4/c1-3-4-5-6-7-8-9-13-24-22-25-16-17-28-29(23(2)40-35(41-24)44(25)28)31(45)47-20-11-10-14-26-30(32(46)48-21-18-39-33(36)37)27-15-12-19-43(27)34(38)42-26/h23-26,28-29H,3-22H2,1-2H3,(H2,38,42)(H,40,41)(H4,36,37,39)/t23-,24-,25+,26-,28+,29+/m1/s1. The SMILES string of the molecule is CCCCCCCCC[C@@H]1C[C@@H]2CC[C@H]3[C@@H](C(=O)OCCCC[C@H]4N=C(N)N5CCCC5=C4C(=O)OCCN=C(N)N)[C@@H](C)N=C(N1)N23. The minimum Gasteiger partial charge on any atom is -0.465 e. The zero-order valence-electron chi connectivity index (χ0n) is 29.2. The van der Waals surface area contributed by atoms with Gasteiger partial charge in [-0.2, -0.15) is 0 Å². The molecule has 3 saturated heterocycles. The van der Waals surface area contributed by atoms with E-state index in [4.69, 9.17) is 31.7 Å². The molecule has 5 rings (SSSR count). The maximum Gasteiger partial charge on any atom is 0.338 e. The lowest BCUT2D eigenvalue weighted by molar-refractivity contribution is -0.151. The molecule has 0 bridgehead atoms. The van der Waals surface area contributed by atoms with Crippen molar-refractivity contribution in [2.75, 3.05) is 26.3 Å². The Morgan fingerprint density at radius 1 is 0.979 bits per heavy atom. The van der Waals surface area contributed by atoms with E-state index in [1.54, 1.807) is 0 Å². The summed E-state index contributed by atoms with van der Waals surface area (Å²) in [7, 11) is 0. The molecule has 7 N–H and O–H groups in total. The molecule has 13 nitrogen and oxygen atoms in total. The number of guanidine groups is 3. The van der Waals surface area contributed by atoms with Crippen molar-refractivity contribution in [1.29, 1.82) is 0 Å². The first-order valence-corrected chi connectivity index (χ1v) is 18.6. The van der Waals surface area contributed by atoms with E-state index in [0.717, 1.165) is 56.7 Å². The second kappa shape index (κ2) is 17.2. The maximum atomic E-state index is 13.5. The van der Waals surface area contributed by atoms with Gasteiger partial charge in [-0.15, -0.1) is 0 Å². The summed E-state index contributed by atoms with van der Waals surface area (Å²) in [5.74, 6) is 0.556. The number of hydrogen-bond donors (Lipinski definition) is 4. The lowest BCUT2D eigenvalue weighted by Crippen LogP contribution is -2.63. The fourth-order valence-electron chi connectivity index (χ4n) is 8.32. The van der Waals surface area contributed by atoms with E-state index in [-0.39, 0.29) is 43.1 Å². The minimum atomic E-state index is -0.409. The second-order valence-electron chi connectivity index (χ2n) is 14.1. The third-order valence-electron chi connectivity index (χ3n) is 10.7. The average Bonchev–Trinajstić information content (AvgIpc) is 3.71. The normalized spacial score (nSPS) is 27.5. The van der Waals surface area contributed by atoms with Gasteiger partial charge in [0.15, 0.2) is 17.9 Å². The Morgan fingerprint density at radius 2 is 1.75 bits per heavy atom. The van der Waals surface area contributed by atoms with Crippen LogP contribution in [-0.2, 0) is 19.1 Å². The zero-order chi connectivity index (χ0) is 34.0. The molecule has 5 aliphatic heterocycles. The molecule has 48 heavy (non-hydrogen) atoms. The highest BCUT2D eigenvalue weighted by Crippen LogP contribution is 2.40. The van der Waals surface area contributed by atoms with Gasteiger partial charge in [0.25, 0.3) is 0 Å². The van der Waals surface area contributed by atoms with Crippen LogP contribution in [0.1, 0.15) is 117 Å². The predicted octanol–water partition coefficient (Wildman–Crippen LogP) is 3.27. The molecule has 5 heterocycles. The van der Waals surface area contributed by atoms with Crippen LogP contribution in [0.2, 0.25) is 0 Å². The van der Waals surface area contributed by atoms with E-state index >= 15 is 0 Å². The number of rotatable bonds is 18. The van der Waals surface area contributed by atoms with Gasteiger partial charge in [-0.05, 0) is 64.7 Å². The molecular weight excluding hydrogens is 610 g/mol. The van der Waals surface area contributed by atoms with E-state index < -0.39 is 12.0 Å². The summed E-state index contributed by atoms with van der Waals surface area (Å²) in [5, 5.41) is 3.74. The number of carbonyl (C=O) groups is 2. The Labute approximate surface area is 286 Å². The van der Waals surface area contributed by atoms with Gasteiger partial charge in [-0.1, -0.05) is 51.9 Å². The number of nitrogens with zero attached hydrogens (tertiary/aromatic N) is 5. The molecule has 6 atom stereocenters. The molecular formula is C35H59N9O4. The van der Waals surface area contributed by atoms with E-state index in [1.807, 2.05) is 4.90 Å². The topological polar surface area (TPSA) is 186 Å². The molecule has 0 unspecified atom stereocenters. The Morgan fingerprint density at radius 3 is 2.54 bits per heavy atom. The van der Waals surface area contributed by atoms with Crippen molar-refractivity contribution in [3.63, 3.8) is 0 Å². The summed E-state index contributed by atoms with van der Waals surface area (Å²) in [6.07, 6.45) is 17.3. The van der Waals surface area contributed by atoms with Crippen LogP contribution < -0.4 is 22.5 Å². The van der Waals surface area contributed by atoms with Gasteiger partial charge in [0, 0.05) is 30.4 Å². The largest absolute Gasteiger partial charge is 0.465 e. The number of unbranched alkanes of at least 4 members (excludes halogenated alkanes) is 7. The van der Waals surface area contributed by atoms with Crippen molar-refractivity contribution in [1.82, 2.24) is 15.1 Å². The predicted molar refractivity (Wildman–Crippen MR) is 188 cm³/mol. The Kier molecular flexibility index (Phi) is 12.9. The van der Waals surface area contributed by atoms with Crippen molar-refractivity contribution in [3.05, 3.63) is 11.3 Å². The summed E-state index contributed by atoms with van der Waals surface area (Å²) < 4.78 is 11.4. The molecule has 0 spiro atoms. The molecule has 0 aromatic rings. The van der Waals surface area contributed by atoms with Crippen LogP contribution in [-0.4, -0.2) is 96.1 Å². The van der Waals surface area contributed by atoms with Crippen molar-refractivity contribution < 1.29 is 19.1 Å². The zero-order valence-corrected chi connectivity index (χ0v) is 29.2. The number of fused-ring (bicyclic) bond motifs is 1. The monoisotopic (exact) mass is 669 g/mol. The third-order valence-corrected chi connectivity index (χ3v) is 10.7. The third kappa shape index (κ3) is 8.74. The molecule has 268 valence electrons. The molecule has 13 heteroatoms. The summed E-state index contributed by atoms with van der Waals surface area (Å²) in [6, 6.07) is 0.534. The lowest BCUT2D eigenvalue weighted by atomic mass is 9.89. The van der Waals surface area contributed by atoms with E-state index in [1.165, 1.54) is 51.4 Å². The highest BCUT2D eigenvalue weighted by molar-refractivity contribution is 5.95. The average molecular weight is 670 g/mol. The molecule has 0 aromatic carbocycles. The van der Waals surface area contributed by atoms with Crippen molar-refractivity contribution >= 4 is 29.8 Å². The Bertz CT molecular complexity index is 1250. The quantitative estimate of drug-likeness (QED) is 0.0730. The van der Waals surface area contributed by atoms with Gasteiger partial charge in [0.2, 0.25) is 0 Å². The lowest BCUT2D eigenvalue weighted by Gasteiger charge is -2.46. The summed E-state index contributed by atoms with van der Waals surface area (Å²) in [4.78, 5) is 44.5. The van der Waals surface area contributed by atoms with Gasteiger partial charge in [-0.25, -0.2) is 14.8 Å². The molecule has 5 aliphatic rings. The van der Waals surface area contributed by atoms with Crippen LogP contribution in [0.4, 0.5) is 0 Å². The Hall–Kier alpha value is -3.51. The number of ether oxygens (including phenoxy) is 2. The summed E-state index contributed by atoms with van der Waals surface area (Å²) in [6.45, 7) is 5.65. The van der Waals surface area contributed by atoms with Crippen molar-refractivity contribution in [3.8, 4) is 0 Å². The van der Waals surface area contributed by atoms with Crippen molar-refractivity contribution in [2.24, 2.45) is 38.1 Å². The number of hydrogen-bond acceptors (Lipinski definition) is 11. The number of esters is 2. The fourth-order valence-corrected chi connectivity index (χ4v) is 8.32.